The maximum atomic E-state index is 9.33. The third kappa shape index (κ3) is 2.25. The summed E-state index contributed by atoms with van der Waals surface area (Å²) in [5.74, 6) is 1.49. The molecule has 0 radical (unpaired) electrons. The van der Waals surface area contributed by atoms with Gasteiger partial charge in [0.15, 0.2) is 5.75 Å². The summed E-state index contributed by atoms with van der Waals surface area (Å²) in [4.78, 5) is 0. The highest BCUT2D eigenvalue weighted by Crippen LogP contribution is 2.29. The number of thioether (sulfide) groups is 1. The van der Waals surface area contributed by atoms with E-state index in [9.17, 15) is 5.11 Å². The SMILES string of the molecule is Oc1cnn(CC2CCCCS2)c1Br. The summed E-state index contributed by atoms with van der Waals surface area (Å²) < 4.78 is 2.53. The van der Waals surface area contributed by atoms with Crippen molar-refractivity contribution in [2.24, 2.45) is 0 Å². The van der Waals surface area contributed by atoms with E-state index in [2.05, 4.69) is 21.0 Å². The van der Waals surface area contributed by atoms with Crippen molar-refractivity contribution in [2.45, 2.75) is 31.1 Å². The number of nitrogens with zero attached hydrogens (tertiary/aromatic N) is 2. The molecule has 78 valence electrons. The monoisotopic (exact) mass is 276 g/mol. The zero-order chi connectivity index (χ0) is 9.97. The van der Waals surface area contributed by atoms with Crippen LogP contribution >= 0.6 is 27.7 Å². The first-order valence-electron chi connectivity index (χ1n) is 4.79. The van der Waals surface area contributed by atoms with Crippen LogP contribution in [0.25, 0.3) is 0 Å². The van der Waals surface area contributed by atoms with Gasteiger partial charge in [-0.3, -0.25) is 4.68 Å². The zero-order valence-corrected chi connectivity index (χ0v) is 10.2. The summed E-state index contributed by atoms with van der Waals surface area (Å²) in [5, 5.41) is 14.1. The van der Waals surface area contributed by atoms with Gasteiger partial charge in [-0.2, -0.15) is 16.9 Å². The van der Waals surface area contributed by atoms with Crippen LogP contribution in [0, 0.1) is 0 Å². The van der Waals surface area contributed by atoms with Crippen molar-refractivity contribution in [2.75, 3.05) is 5.75 Å². The molecule has 1 unspecified atom stereocenters. The molecule has 1 fully saturated rings. The fraction of sp³-hybridized carbons (Fsp3) is 0.667. The van der Waals surface area contributed by atoms with E-state index in [0.717, 1.165) is 6.54 Å². The Labute approximate surface area is 96.0 Å². The van der Waals surface area contributed by atoms with Gasteiger partial charge >= 0.3 is 0 Å². The standard InChI is InChI=1S/C9H13BrN2OS/c10-9-8(13)5-11-12(9)6-7-3-1-2-4-14-7/h5,7,13H,1-4,6H2. The van der Waals surface area contributed by atoms with E-state index in [1.807, 2.05) is 16.4 Å². The molecule has 1 saturated heterocycles. The lowest BCUT2D eigenvalue weighted by Gasteiger charge is -2.21. The van der Waals surface area contributed by atoms with Gasteiger partial charge in [0.2, 0.25) is 0 Å². The van der Waals surface area contributed by atoms with Crippen LogP contribution in [0.4, 0.5) is 0 Å². The van der Waals surface area contributed by atoms with Gasteiger partial charge in [-0.1, -0.05) is 6.42 Å². The van der Waals surface area contributed by atoms with Crippen LogP contribution < -0.4 is 0 Å². The van der Waals surface area contributed by atoms with Crippen molar-refractivity contribution in [1.82, 2.24) is 9.78 Å². The molecular weight excluding hydrogens is 264 g/mol. The van der Waals surface area contributed by atoms with E-state index < -0.39 is 0 Å². The van der Waals surface area contributed by atoms with Crippen molar-refractivity contribution >= 4 is 27.7 Å². The number of hydrogen-bond donors (Lipinski definition) is 1. The lowest BCUT2D eigenvalue weighted by molar-refractivity contribution is 0.466. The number of aromatic hydroxyl groups is 1. The molecule has 3 nitrogen and oxygen atoms in total. The minimum atomic E-state index is 0.228. The van der Waals surface area contributed by atoms with E-state index in [1.54, 1.807) is 0 Å². The fourth-order valence-corrected chi connectivity index (χ4v) is 3.25. The Morgan fingerprint density at radius 1 is 1.64 bits per heavy atom. The van der Waals surface area contributed by atoms with E-state index >= 15 is 0 Å². The molecule has 0 aliphatic carbocycles. The van der Waals surface area contributed by atoms with Crippen molar-refractivity contribution < 1.29 is 5.11 Å². The van der Waals surface area contributed by atoms with Gasteiger partial charge in [0, 0.05) is 5.25 Å². The van der Waals surface area contributed by atoms with Crippen LogP contribution in [0.3, 0.4) is 0 Å². The second-order valence-corrected chi connectivity index (χ2v) is 5.65. The average Bonchev–Trinajstić information content (AvgIpc) is 2.52. The molecule has 0 amide bonds. The lowest BCUT2D eigenvalue weighted by atomic mass is 10.2. The van der Waals surface area contributed by atoms with Crippen LogP contribution in [0.1, 0.15) is 19.3 Å². The lowest BCUT2D eigenvalue weighted by Crippen LogP contribution is -2.17. The Morgan fingerprint density at radius 2 is 2.50 bits per heavy atom. The maximum Gasteiger partial charge on any atom is 0.168 e. The summed E-state index contributed by atoms with van der Waals surface area (Å²) in [6.07, 6.45) is 5.41. The number of halogens is 1. The first kappa shape index (κ1) is 10.4. The maximum absolute atomic E-state index is 9.33. The zero-order valence-electron chi connectivity index (χ0n) is 7.82. The van der Waals surface area contributed by atoms with Crippen LogP contribution in [0.5, 0.6) is 5.75 Å². The molecule has 1 N–H and O–H groups in total. The molecule has 1 aliphatic rings. The second-order valence-electron chi connectivity index (χ2n) is 3.49. The molecule has 1 aliphatic heterocycles. The molecule has 2 rings (SSSR count). The topological polar surface area (TPSA) is 38.1 Å². The average molecular weight is 277 g/mol. The highest BCUT2D eigenvalue weighted by molar-refractivity contribution is 9.10. The largest absolute Gasteiger partial charge is 0.504 e. The van der Waals surface area contributed by atoms with Crippen LogP contribution in [0.15, 0.2) is 10.8 Å². The molecule has 1 atom stereocenters. The molecule has 0 saturated carbocycles. The molecule has 1 aromatic rings. The first-order chi connectivity index (χ1) is 6.77. The molecule has 5 heteroatoms. The molecule has 1 aromatic heterocycles. The van der Waals surface area contributed by atoms with Crippen LogP contribution in [0.2, 0.25) is 0 Å². The van der Waals surface area contributed by atoms with E-state index in [-0.39, 0.29) is 5.75 Å². The second kappa shape index (κ2) is 4.57. The molecule has 0 spiro atoms. The summed E-state index contributed by atoms with van der Waals surface area (Å²) in [7, 11) is 0. The Balaban J connectivity index is 1.99. The normalized spacial score (nSPS) is 22.5. The number of aromatic nitrogens is 2. The van der Waals surface area contributed by atoms with Gasteiger partial charge in [0.25, 0.3) is 0 Å². The Morgan fingerprint density at radius 3 is 3.07 bits per heavy atom. The van der Waals surface area contributed by atoms with Gasteiger partial charge in [0.1, 0.15) is 4.60 Å². The Hall–Kier alpha value is -0.160. The van der Waals surface area contributed by atoms with Crippen LogP contribution in [-0.4, -0.2) is 25.9 Å². The van der Waals surface area contributed by atoms with Crippen molar-refractivity contribution in [3.8, 4) is 5.75 Å². The molecule has 0 aromatic carbocycles. The highest BCUT2D eigenvalue weighted by atomic mass is 79.9. The Bertz CT molecular complexity index is 310. The minimum Gasteiger partial charge on any atom is -0.504 e. The van der Waals surface area contributed by atoms with Gasteiger partial charge in [-0.25, -0.2) is 0 Å². The molecule has 2 heterocycles. The van der Waals surface area contributed by atoms with E-state index in [1.165, 1.54) is 31.2 Å². The van der Waals surface area contributed by atoms with Gasteiger partial charge in [-0.15, -0.1) is 0 Å². The smallest absolute Gasteiger partial charge is 0.168 e. The number of hydrogen-bond acceptors (Lipinski definition) is 3. The van der Waals surface area contributed by atoms with E-state index in [0.29, 0.717) is 9.85 Å². The van der Waals surface area contributed by atoms with Crippen molar-refractivity contribution in [3.05, 3.63) is 10.8 Å². The molecule has 0 bridgehead atoms. The predicted molar refractivity (Wildman–Crippen MR) is 61.7 cm³/mol. The van der Waals surface area contributed by atoms with Crippen molar-refractivity contribution in [1.29, 1.82) is 0 Å². The predicted octanol–water partition coefficient (Wildman–Crippen LogP) is 2.64. The van der Waals surface area contributed by atoms with Gasteiger partial charge in [0.05, 0.1) is 12.7 Å². The van der Waals surface area contributed by atoms with Crippen LogP contribution in [-0.2, 0) is 6.54 Å². The summed E-state index contributed by atoms with van der Waals surface area (Å²) >= 11 is 5.33. The summed E-state index contributed by atoms with van der Waals surface area (Å²) in [5.41, 5.74) is 0. The third-order valence-electron chi connectivity index (χ3n) is 2.41. The summed E-state index contributed by atoms with van der Waals surface area (Å²) in [6, 6.07) is 0. The quantitative estimate of drug-likeness (QED) is 0.903. The van der Waals surface area contributed by atoms with Gasteiger partial charge < -0.3 is 5.11 Å². The fourth-order valence-electron chi connectivity index (χ4n) is 1.63. The summed E-state index contributed by atoms with van der Waals surface area (Å²) in [6.45, 7) is 0.895. The minimum absolute atomic E-state index is 0.228. The third-order valence-corrected chi connectivity index (χ3v) is 4.60. The number of rotatable bonds is 2. The highest BCUT2D eigenvalue weighted by Gasteiger charge is 2.16. The van der Waals surface area contributed by atoms with Gasteiger partial charge in [-0.05, 0) is 34.5 Å². The molecular formula is C9H13BrN2OS. The van der Waals surface area contributed by atoms with Crippen molar-refractivity contribution in [3.63, 3.8) is 0 Å². The Kier molecular flexibility index (Phi) is 3.38. The van der Waals surface area contributed by atoms with E-state index in [4.69, 9.17) is 0 Å². The molecule has 14 heavy (non-hydrogen) atoms. The first-order valence-corrected chi connectivity index (χ1v) is 6.63.